The summed E-state index contributed by atoms with van der Waals surface area (Å²) >= 11 is 0. The molecule has 2 rings (SSSR count). The summed E-state index contributed by atoms with van der Waals surface area (Å²) in [5.74, 6) is -0.210. The van der Waals surface area contributed by atoms with Crippen LogP contribution in [0.2, 0.25) is 0 Å². The zero-order chi connectivity index (χ0) is 13.3. The maximum Gasteiger partial charge on any atom is 0.274 e. The number of pyridine rings is 1. The Kier molecular flexibility index (Phi) is 3.14. The molecule has 5 nitrogen and oxygen atoms in total. The van der Waals surface area contributed by atoms with E-state index in [9.17, 15) is 4.79 Å². The van der Waals surface area contributed by atoms with Gasteiger partial charge in [0.25, 0.3) is 5.91 Å². The van der Waals surface area contributed by atoms with E-state index in [0.717, 1.165) is 22.8 Å². The van der Waals surface area contributed by atoms with Crippen molar-refractivity contribution in [2.75, 3.05) is 5.32 Å². The van der Waals surface area contributed by atoms with Crippen molar-refractivity contribution >= 4 is 11.6 Å². The largest absolute Gasteiger partial charge is 0.317 e. The Hall–Kier alpha value is -2.17. The summed E-state index contributed by atoms with van der Waals surface area (Å²) in [7, 11) is 1.85. The summed E-state index contributed by atoms with van der Waals surface area (Å²) < 4.78 is 1.74. The number of aryl methyl sites for hydroxylation is 3. The molecule has 0 radical (unpaired) electrons. The molecule has 0 aliphatic heterocycles. The van der Waals surface area contributed by atoms with Crippen LogP contribution in [0.3, 0.4) is 0 Å². The Morgan fingerprint density at radius 3 is 2.56 bits per heavy atom. The number of aromatic nitrogens is 3. The van der Waals surface area contributed by atoms with E-state index >= 15 is 0 Å². The van der Waals surface area contributed by atoms with Gasteiger partial charge < -0.3 is 5.32 Å². The number of rotatable bonds is 2. The zero-order valence-corrected chi connectivity index (χ0v) is 11.0. The van der Waals surface area contributed by atoms with Crippen LogP contribution < -0.4 is 5.32 Å². The highest BCUT2D eigenvalue weighted by atomic mass is 16.1. The molecular formula is C13H16N4O. The van der Waals surface area contributed by atoms with Crippen LogP contribution in [-0.4, -0.2) is 20.7 Å². The van der Waals surface area contributed by atoms with E-state index in [2.05, 4.69) is 15.4 Å². The lowest BCUT2D eigenvalue weighted by Gasteiger charge is -2.05. The van der Waals surface area contributed by atoms with Gasteiger partial charge in [0.15, 0.2) is 0 Å². The van der Waals surface area contributed by atoms with Gasteiger partial charge in [-0.2, -0.15) is 5.10 Å². The first-order chi connectivity index (χ1) is 8.49. The predicted octanol–water partition coefficient (Wildman–Crippen LogP) is 1.99. The average molecular weight is 244 g/mol. The number of nitrogens with zero attached hydrogens (tertiary/aromatic N) is 3. The molecule has 2 heterocycles. The van der Waals surface area contributed by atoms with Gasteiger partial charge in [-0.25, -0.2) is 4.98 Å². The number of carbonyl (C=O) groups is 1. The van der Waals surface area contributed by atoms with Crippen molar-refractivity contribution in [1.82, 2.24) is 14.8 Å². The van der Waals surface area contributed by atoms with E-state index in [0.29, 0.717) is 5.69 Å². The SMILES string of the molecule is Cc1cccc(C(=O)Nc2c(C)nn(C)c2C)n1. The molecule has 0 saturated heterocycles. The third kappa shape index (κ3) is 2.25. The fraction of sp³-hybridized carbons (Fsp3) is 0.308. The lowest BCUT2D eigenvalue weighted by Crippen LogP contribution is -2.15. The van der Waals surface area contributed by atoms with Crippen LogP contribution in [0.1, 0.15) is 27.6 Å². The Morgan fingerprint density at radius 2 is 2.00 bits per heavy atom. The van der Waals surface area contributed by atoms with Crippen molar-refractivity contribution in [2.45, 2.75) is 20.8 Å². The molecule has 0 fully saturated rings. The van der Waals surface area contributed by atoms with Crippen molar-refractivity contribution in [3.63, 3.8) is 0 Å². The van der Waals surface area contributed by atoms with Gasteiger partial charge in [-0.3, -0.25) is 9.48 Å². The molecule has 0 aromatic carbocycles. The molecule has 0 aliphatic rings. The molecule has 18 heavy (non-hydrogen) atoms. The minimum absolute atomic E-state index is 0.210. The van der Waals surface area contributed by atoms with Crippen LogP contribution in [0.25, 0.3) is 0 Å². The highest BCUT2D eigenvalue weighted by Gasteiger charge is 2.14. The van der Waals surface area contributed by atoms with Gasteiger partial charge >= 0.3 is 0 Å². The molecule has 5 heteroatoms. The lowest BCUT2D eigenvalue weighted by atomic mass is 10.2. The highest BCUT2D eigenvalue weighted by Crippen LogP contribution is 2.18. The quantitative estimate of drug-likeness (QED) is 0.878. The molecule has 0 atom stereocenters. The van der Waals surface area contributed by atoms with Crippen molar-refractivity contribution in [3.8, 4) is 0 Å². The number of hydrogen-bond donors (Lipinski definition) is 1. The second-order valence-corrected chi connectivity index (χ2v) is 4.29. The molecule has 2 aromatic heterocycles. The summed E-state index contributed by atoms with van der Waals surface area (Å²) in [5, 5.41) is 7.11. The van der Waals surface area contributed by atoms with Crippen LogP contribution in [0, 0.1) is 20.8 Å². The summed E-state index contributed by atoms with van der Waals surface area (Å²) in [4.78, 5) is 16.3. The molecule has 0 saturated carbocycles. The van der Waals surface area contributed by atoms with E-state index in [4.69, 9.17) is 0 Å². The summed E-state index contributed by atoms with van der Waals surface area (Å²) in [6, 6.07) is 5.38. The zero-order valence-electron chi connectivity index (χ0n) is 11.0. The van der Waals surface area contributed by atoms with Gasteiger partial charge in [-0.1, -0.05) is 6.07 Å². The first-order valence-corrected chi connectivity index (χ1v) is 5.74. The molecule has 1 N–H and O–H groups in total. The second-order valence-electron chi connectivity index (χ2n) is 4.29. The Morgan fingerprint density at radius 1 is 1.28 bits per heavy atom. The van der Waals surface area contributed by atoms with Crippen molar-refractivity contribution < 1.29 is 4.79 Å². The molecule has 2 aromatic rings. The van der Waals surface area contributed by atoms with Crippen molar-refractivity contribution in [1.29, 1.82) is 0 Å². The van der Waals surface area contributed by atoms with Gasteiger partial charge in [-0.05, 0) is 32.9 Å². The van der Waals surface area contributed by atoms with E-state index < -0.39 is 0 Å². The topological polar surface area (TPSA) is 59.8 Å². The summed E-state index contributed by atoms with van der Waals surface area (Å²) in [5.41, 5.74) is 3.72. The van der Waals surface area contributed by atoms with E-state index in [1.807, 2.05) is 40.0 Å². The molecule has 0 bridgehead atoms. The Balaban J connectivity index is 2.27. The smallest absolute Gasteiger partial charge is 0.274 e. The van der Waals surface area contributed by atoms with Crippen LogP contribution >= 0.6 is 0 Å². The van der Waals surface area contributed by atoms with Crippen LogP contribution in [0.15, 0.2) is 18.2 Å². The van der Waals surface area contributed by atoms with Gasteiger partial charge in [0.05, 0.1) is 17.1 Å². The molecule has 1 amide bonds. The Bertz CT molecular complexity index is 601. The van der Waals surface area contributed by atoms with Crippen molar-refractivity contribution in [3.05, 3.63) is 41.0 Å². The fourth-order valence-electron chi connectivity index (χ4n) is 1.80. The highest BCUT2D eigenvalue weighted by molar-refractivity contribution is 6.03. The molecule has 0 spiro atoms. The number of amides is 1. The molecule has 94 valence electrons. The number of anilines is 1. The third-order valence-electron chi connectivity index (χ3n) is 2.87. The van der Waals surface area contributed by atoms with Gasteiger partial charge in [-0.15, -0.1) is 0 Å². The number of carbonyl (C=O) groups excluding carboxylic acids is 1. The normalized spacial score (nSPS) is 10.4. The lowest BCUT2D eigenvalue weighted by molar-refractivity contribution is 0.102. The second kappa shape index (κ2) is 4.60. The number of nitrogens with one attached hydrogen (secondary N) is 1. The minimum atomic E-state index is -0.210. The first kappa shape index (κ1) is 12.3. The maximum absolute atomic E-state index is 12.1. The Labute approximate surface area is 106 Å². The summed E-state index contributed by atoms with van der Waals surface area (Å²) in [6.07, 6.45) is 0. The summed E-state index contributed by atoms with van der Waals surface area (Å²) in [6.45, 7) is 5.64. The van der Waals surface area contributed by atoms with E-state index in [1.165, 1.54) is 0 Å². The average Bonchev–Trinajstić information content (AvgIpc) is 2.56. The van der Waals surface area contributed by atoms with Gasteiger partial charge in [0.2, 0.25) is 0 Å². The van der Waals surface area contributed by atoms with Crippen molar-refractivity contribution in [2.24, 2.45) is 7.05 Å². The van der Waals surface area contributed by atoms with Crippen LogP contribution in [0.4, 0.5) is 5.69 Å². The monoisotopic (exact) mass is 244 g/mol. The molecular weight excluding hydrogens is 228 g/mol. The van der Waals surface area contributed by atoms with Gasteiger partial charge in [0.1, 0.15) is 5.69 Å². The predicted molar refractivity (Wildman–Crippen MR) is 69.6 cm³/mol. The number of hydrogen-bond acceptors (Lipinski definition) is 3. The van der Waals surface area contributed by atoms with Gasteiger partial charge in [0, 0.05) is 12.7 Å². The first-order valence-electron chi connectivity index (χ1n) is 5.74. The van der Waals surface area contributed by atoms with Crippen LogP contribution in [0.5, 0.6) is 0 Å². The third-order valence-corrected chi connectivity index (χ3v) is 2.87. The standard InChI is InChI=1S/C13H16N4O/c1-8-6-5-7-11(14-8)13(18)15-12-9(2)16-17(4)10(12)3/h5-7H,1-4H3,(H,15,18). The maximum atomic E-state index is 12.1. The van der Waals surface area contributed by atoms with E-state index in [-0.39, 0.29) is 5.91 Å². The minimum Gasteiger partial charge on any atom is -0.317 e. The van der Waals surface area contributed by atoms with E-state index in [1.54, 1.807) is 10.7 Å². The fourth-order valence-corrected chi connectivity index (χ4v) is 1.80. The van der Waals surface area contributed by atoms with Crippen LogP contribution in [-0.2, 0) is 7.05 Å². The molecule has 0 aliphatic carbocycles. The molecule has 0 unspecified atom stereocenters.